The van der Waals surface area contributed by atoms with Crippen molar-refractivity contribution in [1.82, 2.24) is 10.6 Å². The molecule has 144 valence electrons. The molecule has 8 heteroatoms. The van der Waals surface area contributed by atoms with Crippen molar-refractivity contribution in [1.29, 1.82) is 0 Å². The number of halogens is 2. The van der Waals surface area contributed by atoms with Crippen LogP contribution in [-0.2, 0) is 4.79 Å². The molecular weight excluding hydrogens is 393 g/mol. The summed E-state index contributed by atoms with van der Waals surface area (Å²) in [6, 6.07) is 7.40. The zero-order chi connectivity index (χ0) is 19.2. The molecule has 3 N–H and O–H groups in total. The first-order valence-corrected chi connectivity index (χ1v) is 10.5. The summed E-state index contributed by atoms with van der Waals surface area (Å²) in [6.45, 7) is 4.24. The average molecular weight is 418 g/mol. The Labute approximate surface area is 169 Å². The van der Waals surface area contributed by atoms with Crippen LogP contribution in [0.4, 0.5) is 10.5 Å². The minimum absolute atomic E-state index is 0.0642. The van der Waals surface area contributed by atoms with Gasteiger partial charge in [0.15, 0.2) is 0 Å². The van der Waals surface area contributed by atoms with E-state index in [0.29, 0.717) is 0 Å². The van der Waals surface area contributed by atoms with E-state index in [0.717, 1.165) is 29.2 Å². The first-order valence-electron chi connectivity index (χ1n) is 8.75. The number of amides is 3. The van der Waals surface area contributed by atoms with Gasteiger partial charge in [-0.3, -0.25) is 4.79 Å². The van der Waals surface area contributed by atoms with Crippen LogP contribution in [0.25, 0.3) is 0 Å². The van der Waals surface area contributed by atoms with Crippen LogP contribution in [0.2, 0.25) is 0 Å². The van der Waals surface area contributed by atoms with Crippen LogP contribution in [0.15, 0.2) is 29.2 Å². The second kappa shape index (κ2) is 9.72. The predicted molar refractivity (Wildman–Crippen MR) is 109 cm³/mol. The van der Waals surface area contributed by atoms with Gasteiger partial charge in [0, 0.05) is 35.6 Å². The van der Waals surface area contributed by atoms with Crippen LogP contribution in [0.5, 0.6) is 0 Å². The molecule has 1 fully saturated rings. The first kappa shape index (κ1) is 21.2. The molecule has 0 radical (unpaired) electrons. The Morgan fingerprint density at radius 3 is 2.69 bits per heavy atom. The minimum Gasteiger partial charge on any atom is -0.354 e. The predicted octanol–water partition coefficient (Wildman–Crippen LogP) is 4.40. The zero-order valence-corrected chi connectivity index (χ0v) is 17.3. The standard InChI is InChI=1S/C18H25Cl2N3O2S/c1-3-12(2)22-16(24)8-9-21-17(25)23-14-6-4-5-7-15(14)26-11-13-10-18(13,19)20/h4-7,12-13H,3,8-11H2,1-2H3,(H,22,24)(H2,21,23,25). The van der Waals surface area contributed by atoms with Crippen LogP contribution in [0.3, 0.4) is 0 Å². The average Bonchev–Trinajstić information content (AvgIpc) is 3.20. The van der Waals surface area contributed by atoms with Crippen molar-refractivity contribution in [2.75, 3.05) is 17.6 Å². The number of para-hydroxylation sites is 1. The number of benzene rings is 1. The number of urea groups is 1. The maximum Gasteiger partial charge on any atom is 0.319 e. The third-order valence-corrected chi connectivity index (χ3v) is 6.35. The molecule has 2 unspecified atom stereocenters. The topological polar surface area (TPSA) is 70.2 Å². The summed E-state index contributed by atoms with van der Waals surface area (Å²) in [7, 11) is 0. The van der Waals surface area contributed by atoms with Gasteiger partial charge in [-0.15, -0.1) is 35.0 Å². The molecule has 1 aliphatic rings. The molecule has 0 aromatic heterocycles. The van der Waals surface area contributed by atoms with Gasteiger partial charge in [-0.25, -0.2) is 4.79 Å². The summed E-state index contributed by atoms with van der Waals surface area (Å²) in [5, 5.41) is 8.41. The third-order valence-electron chi connectivity index (χ3n) is 4.19. The number of carbonyl (C=O) groups is 2. The molecule has 0 saturated heterocycles. The lowest BCUT2D eigenvalue weighted by Crippen LogP contribution is -2.36. The molecule has 5 nitrogen and oxygen atoms in total. The Hall–Kier alpha value is -1.11. The van der Waals surface area contributed by atoms with Crippen LogP contribution in [0, 0.1) is 5.92 Å². The van der Waals surface area contributed by atoms with Crippen molar-refractivity contribution in [3.05, 3.63) is 24.3 Å². The molecule has 0 bridgehead atoms. The summed E-state index contributed by atoms with van der Waals surface area (Å²) in [4.78, 5) is 24.7. The SMILES string of the molecule is CCC(C)NC(=O)CCNC(=O)Nc1ccccc1SCC1CC1(Cl)Cl. The number of alkyl halides is 2. The van der Waals surface area contributed by atoms with E-state index in [1.54, 1.807) is 11.8 Å². The molecule has 0 heterocycles. The van der Waals surface area contributed by atoms with Crippen LogP contribution in [-0.4, -0.2) is 34.6 Å². The number of carbonyl (C=O) groups excluding carboxylic acids is 2. The Bertz CT molecular complexity index is 643. The molecule has 26 heavy (non-hydrogen) atoms. The Kier molecular flexibility index (Phi) is 7.92. The lowest BCUT2D eigenvalue weighted by molar-refractivity contribution is -0.121. The highest BCUT2D eigenvalue weighted by Gasteiger charge is 2.51. The number of anilines is 1. The molecule has 2 atom stereocenters. The highest BCUT2D eigenvalue weighted by atomic mass is 35.5. The largest absolute Gasteiger partial charge is 0.354 e. The van der Waals surface area contributed by atoms with E-state index in [9.17, 15) is 9.59 Å². The number of nitrogens with one attached hydrogen (secondary N) is 3. The van der Waals surface area contributed by atoms with E-state index in [4.69, 9.17) is 23.2 Å². The lowest BCUT2D eigenvalue weighted by atomic mass is 10.2. The summed E-state index contributed by atoms with van der Waals surface area (Å²) in [5.74, 6) is 1.02. The quantitative estimate of drug-likeness (QED) is 0.411. The van der Waals surface area contributed by atoms with Crippen molar-refractivity contribution in [3.8, 4) is 0 Å². The molecule has 1 aliphatic carbocycles. The molecular formula is C18H25Cl2N3O2S. The molecule has 2 rings (SSSR count). The highest BCUT2D eigenvalue weighted by molar-refractivity contribution is 7.99. The molecule has 1 aromatic carbocycles. The summed E-state index contributed by atoms with van der Waals surface area (Å²) in [6.07, 6.45) is 1.94. The molecule has 1 aromatic rings. The number of rotatable bonds is 9. The van der Waals surface area contributed by atoms with E-state index in [1.165, 1.54) is 0 Å². The van der Waals surface area contributed by atoms with Crippen molar-refractivity contribution < 1.29 is 9.59 Å². The zero-order valence-electron chi connectivity index (χ0n) is 15.0. The summed E-state index contributed by atoms with van der Waals surface area (Å²) >= 11 is 13.7. The smallest absolute Gasteiger partial charge is 0.319 e. The van der Waals surface area contributed by atoms with Gasteiger partial charge >= 0.3 is 6.03 Å². The first-order chi connectivity index (χ1) is 12.3. The van der Waals surface area contributed by atoms with Gasteiger partial charge < -0.3 is 16.0 Å². The van der Waals surface area contributed by atoms with Crippen LogP contribution >= 0.6 is 35.0 Å². The van der Waals surface area contributed by atoms with Crippen molar-refractivity contribution in [3.63, 3.8) is 0 Å². The Morgan fingerprint density at radius 2 is 2.04 bits per heavy atom. The minimum atomic E-state index is -0.595. The fraction of sp³-hybridized carbons (Fsp3) is 0.556. The molecule has 1 saturated carbocycles. The van der Waals surface area contributed by atoms with Gasteiger partial charge in [-0.2, -0.15) is 0 Å². The van der Waals surface area contributed by atoms with E-state index in [-0.39, 0.29) is 36.9 Å². The highest BCUT2D eigenvalue weighted by Crippen LogP contribution is 2.55. The fourth-order valence-electron chi connectivity index (χ4n) is 2.24. The maximum absolute atomic E-state index is 12.1. The van der Waals surface area contributed by atoms with E-state index >= 15 is 0 Å². The monoisotopic (exact) mass is 417 g/mol. The summed E-state index contributed by atoms with van der Waals surface area (Å²) in [5.41, 5.74) is 0.731. The van der Waals surface area contributed by atoms with Crippen molar-refractivity contribution >= 4 is 52.6 Å². The summed E-state index contributed by atoms with van der Waals surface area (Å²) < 4.78 is -0.595. The fourth-order valence-corrected chi connectivity index (χ4v) is 4.18. The Balaban J connectivity index is 1.75. The molecule has 3 amide bonds. The van der Waals surface area contributed by atoms with Gasteiger partial charge in [0.2, 0.25) is 5.91 Å². The normalized spacial score (nSPS) is 18.7. The van der Waals surface area contributed by atoms with Gasteiger partial charge in [0.1, 0.15) is 4.33 Å². The number of hydrogen-bond acceptors (Lipinski definition) is 3. The van der Waals surface area contributed by atoms with Gasteiger partial charge in [-0.1, -0.05) is 19.1 Å². The van der Waals surface area contributed by atoms with Gasteiger partial charge in [0.25, 0.3) is 0 Å². The maximum atomic E-state index is 12.1. The van der Waals surface area contributed by atoms with Gasteiger partial charge in [0.05, 0.1) is 5.69 Å². The van der Waals surface area contributed by atoms with Gasteiger partial charge in [-0.05, 0) is 31.9 Å². The number of hydrogen-bond donors (Lipinski definition) is 3. The second-order valence-corrected chi connectivity index (χ2v) is 9.08. The van der Waals surface area contributed by atoms with E-state index < -0.39 is 4.33 Å². The molecule has 0 spiro atoms. The third kappa shape index (κ3) is 6.89. The lowest BCUT2D eigenvalue weighted by Gasteiger charge is -2.13. The Morgan fingerprint density at radius 1 is 1.35 bits per heavy atom. The van der Waals surface area contributed by atoms with E-state index in [1.807, 2.05) is 38.1 Å². The number of thioether (sulfide) groups is 1. The van der Waals surface area contributed by atoms with Crippen molar-refractivity contribution in [2.24, 2.45) is 5.92 Å². The van der Waals surface area contributed by atoms with Crippen LogP contribution < -0.4 is 16.0 Å². The molecule has 0 aliphatic heterocycles. The van der Waals surface area contributed by atoms with E-state index in [2.05, 4.69) is 16.0 Å². The van der Waals surface area contributed by atoms with Crippen LogP contribution in [0.1, 0.15) is 33.1 Å². The van der Waals surface area contributed by atoms with Crippen molar-refractivity contribution in [2.45, 2.75) is 48.4 Å². The second-order valence-electron chi connectivity index (χ2n) is 6.48.